The first-order chi connectivity index (χ1) is 11.6. The lowest BCUT2D eigenvalue weighted by Gasteiger charge is -2.17. The van der Waals surface area contributed by atoms with Gasteiger partial charge in [-0.05, 0) is 67.8 Å². The first-order valence-corrected chi connectivity index (χ1v) is 10.1. The molecule has 0 spiro atoms. The second kappa shape index (κ2) is 9.84. The van der Waals surface area contributed by atoms with E-state index in [9.17, 15) is 24.3 Å². The molecule has 11 heteroatoms. The quantitative estimate of drug-likeness (QED) is 0.342. The molecule has 0 aliphatic carbocycles. The van der Waals surface area contributed by atoms with E-state index in [-0.39, 0.29) is 45.2 Å². The Kier molecular flexibility index (Phi) is 8.79. The molecule has 0 atom stereocenters. The molecule has 1 rings (SSSR count). The van der Waals surface area contributed by atoms with Crippen molar-refractivity contribution in [1.82, 2.24) is 10.6 Å². The summed E-state index contributed by atoms with van der Waals surface area (Å²) in [6.45, 7) is 1.40. The number of aromatic carboxylic acids is 1. The van der Waals surface area contributed by atoms with E-state index in [1.807, 2.05) is 45.2 Å². The summed E-state index contributed by atoms with van der Waals surface area (Å²) in [4.78, 5) is 46.8. The van der Waals surface area contributed by atoms with Crippen molar-refractivity contribution in [2.45, 2.75) is 13.3 Å². The normalized spacial score (nSPS) is 10.1. The Bertz CT molecular complexity index is 752. The van der Waals surface area contributed by atoms with Crippen molar-refractivity contribution in [3.63, 3.8) is 0 Å². The van der Waals surface area contributed by atoms with Crippen molar-refractivity contribution in [1.29, 1.82) is 0 Å². The number of carbonyl (C=O) groups is 4. The first-order valence-electron chi connectivity index (χ1n) is 6.81. The van der Waals surface area contributed by atoms with Gasteiger partial charge in [-0.25, -0.2) is 4.79 Å². The highest BCUT2D eigenvalue weighted by molar-refractivity contribution is 14.1. The molecule has 0 fully saturated rings. The number of carbonyl (C=O) groups excluding carboxylic acids is 3. The molecule has 0 saturated heterocycles. The SMILES string of the molecule is CNC(=O)CCNC(=O)c1c(I)c(NC(C)=O)c(I)c(C(=O)O)c1I. The van der Waals surface area contributed by atoms with E-state index in [1.54, 1.807) is 22.6 Å². The summed E-state index contributed by atoms with van der Waals surface area (Å²) in [6, 6.07) is 0. The third-order valence-corrected chi connectivity index (χ3v) is 6.21. The fourth-order valence-corrected chi connectivity index (χ4v) is 6.23. The molecule has 1 aromatic rings. The van der Waals surface area contributed by atoms with Gasteiger partial charge in [0.05, 0.1) is 24.0 Å². The van der Waals surface area contributed by atoms with Crippen LogP contribution < -0.4 is 16.0 Å². The average Bonchev–Trinajstić information content (AvgIpc) is 2.50. The molecule has 0 aromatic heterocycles. The van der Waals surface area contributed by atoms with Crippen LogP contribution in [-0.4, -0.2) is 42.4 Å². The number of anilines is 1. The molecule has 0 saturated carbocycles. The van der Waals surface area contributed by atoms with E-state index in [4.69, 9.17) is 0 Å². The number of nitrogens with one attached hydrogen (secondary N) is 3. The van der Waals surface area contributed by atoms with Crippen molar-refractivity contribution >= 4 is 97.2 Å². The first kappa shape index (κ1) is 22.3. The number of amides is 3. The third kappa shape index (κ3) is 5.63. The number of benzene rings is 1. The molecule has 0 radical (unpaired) electrons. The van der Waals surface area contributed by atoms with Gasteiger partial charge in [0.1, 0.15) is 0 Å². The van der Waals surface area contributed by atoms with Gasteiger partial charge in [-0.15, -0.1) is 0 Å². The Morgan fingerprint density at radius 3 is 2.04 bits per heavy atom. The molecule has 0 aliphatic heterocycles. The summed E-state index contributed by atoms with van der Waals surface area (Å²) < 4.78 is 1.05. The Hall–Kier alpha value is -0.710. The van der Waals surface area contributed by atoms with E-state index in [1.165, 1.54) is 14.0 Å². The number of hydrogen-bond acceptors (Lipinski definition) is 4. The van der Waals surface area contributed by atoms with E-state index in [0.717, 1.165) is 0 Å². The Labute approximate surface area is 184 Å². The summed E-state index contributed by atoms with van der Waals surface area (Å²) >= 11 is 5.53. The van der Waals surface area contributed by atoms with Crippen LogP contribution in [0.5, 0.6) is 0 Å². The lowest BCUT2D eigenvalue weighted by molar-refractivity contribution is -0.120. The monoisotopic (exact) mass is 685 g/mol. The molecule has 25 heavy (non-hydrogen) atoms. The van der Waals surface area contributed by atoms with Gasteiger partial charge in [-0.1, -0.05) is 0 Å². The molecular weight excluding hydrogens is 671 g/mol. The van der Waals surface area contributed by atoms with Crippen molar-refractivity contribution in [2.24, 2.45) is 0 Å². The molecule has 0 aliphatic rings. The average molecular weight is 685 g/mol. The van der Waals surface area contributed by atoms with Gasteiger partial charge in [-0.2, -0.15) is 0 Å². The lowest BCUT2D eigenvalue weighted by Crippen LogP contribution is -2.31. The standard InChI is InChI=1S/C14H14I3N3O5/c1-5(21)20-12-10(16)7(9(15)8(11(12)17)14(24)25)13(23)19-4-3-6(22)18-2/h3-4H2,1-2H3,(H,18,22)(H,19,23)(H,20,21)(H,24,25). The minimum Gasteiger partial charge on any atom is -0.478 e. The fraction of sp³-hybridized carbons (Fsp3) is 0.286. The highest BCUT2D eigenvalue weighted by Crippen LogP contribution is 2.35. The largest absolute Gasteiger partial charge is 0.478 e. The van der Waals surface area contributed by atoms with E-state index >= 15 is 0 Å². The number of carboxylic acid groups (broad SMARTS) is 1. The van der Waals surface area contributed by atoms with Crippen molar-refractivity contribution in [3.05, 3.63) is 21.8 Å². The second-order valence-electron chi connectivity index (χ2n) is 4.73. The molecule has 3 amide bonds. The van der Waals surface area contributed by atoms with Gasteiger partial charge < -0.3 is 21.1 Å². The lowest BCUT2D eigenvalue weighted by atomic mass is 10.1. The Morgan fingerprint density at radius 2 is 1.56 bits per heavy atom. The molecule has 1 aromatic carbocycles. The van der Waals surface area contributed by atoms with Crippen LogP contribution in [0.2, 0.25) is 0 Å². The van der Waals surface area contributed by atoms with Gasteiger partial charge >= 0.3 is 5.97 Å². The molecular formula is C14H14I3N3O5. The molecule has 8 nitrogen and oxygen atoms in total. The van der Waals surface area contributed by atoms with Crippen LogP contribution in [0.1, 0.15) is 34.1 Å². The Morgan fingerprint density at radius 1 is 1.00 bits per heavy atom. The summed E-state index contributed by atoms with van der Waals surface area (Å²) in [7, 11) is 1.49. The van der Waals surface area contributed by atoms with Gasteiger partial charge in [0.2, 0.25) is 11.8 Å². The minimum absolute atomic E-state index is 0.0539. The molecule has 0 heterocycles. The molecule has 0 bridgehead atoms. The van der Waals surface area contributed by atoms with E-state index in [2.05, 4.69) is 16.0 Å². The van der Waals surface area contributed by atoms with Crippen molar-refractivity contribution in [2.75, 3.05) is 18.9 Å². The molecule has 136 valence electrons. The zero-order chi connectivity index (χ0) is 19.3. The molecule has 0 unspecified atom stereocenters. The van der Waals surface area contributed by atoms with Crippen LogP contribution in [-0.2, 0) is 9.59 Å². The predicted octanol–water partition coefficient (Wildman–Crippen LogP) is 2.02. The summed E-state index contributed by atoms with van der Waals surface area (Å²) in [6.07, 6.45) is 0.101. The van der Waals surface area contributed by atoms with Crippen LogP contribution in [0.4, 0.5) is 5.69 Å². The summed E-state index contributed by atoms with van der Waals surface area (Å²) in [5.41, 5.74) is 0.379. The number of halogens is 3. The Balaban J connectivity index is 3.35. The highest BCUT2D eigenvalue weighted by Gasteiger charge is 2.28. The van der Waals surface area contributed by atoms with Crippen LogP contribution in [0.3, 0.4) is 0 Å². The van der Waals surface area contributed by atoms with Gasteiger partial charge in [0.25, 0.3) is 5.91 Å². The fourth-order valence-electron chi connectivity index (χ4n) is 1.84. The minimum atomic E-state index is -1.20. The van der Waals surface area contributed by atoms with Crippen LogP contribution in [0, 0.1) is 10.7 Å². The zero-order valence-corrected chi connectivity index (χ0v) is 19.6. The van der Waals surface area contributed by atoms with E-state index in [0.29, 0.717) is 7.14 Å². The number of hydrogen-bond donors (Lipinski definition) is 4. The van der Waals surface area contributed by atoms with Crippen LogP contribution in [0.25, 0.3) is 0 Å². The topological polar surface area (TPSA) is 125 Å². The maximum absolute atomic E-state index is 12.5. The van der Waals surface area contributed by atoms with Crippen LogP contribution in [0.15, 0.2) is 0 Å². The predicted molar refractivity (Wildman–Crippen MR) is 117 cm³/mol. The smallest absolute Gasteiger partial charge is 0.337 e. The van der Waals surface area contributed by atoms with Crippen molar-refractivity contribution < 1.29 is 24.3 Å². The van der Waals surface area contributed by atoms with Gasteiger partial charge in [0.15, 0.2) is 0 Å². The van der Waals surface area contributed by atoms with Gasteiger partial charge in [-0.3, -0.25) is 14.4 Å². The van der Waals surface area contributed by atoms with E-state index < -0.39 is 11.9 Å². The zero-order valence-electron chi connectivity index (χ0n) is 13.1. The van der Waals surface area contributed by atoms with Gasteiger partial charge in [0, 0.05) is 30.5 Å². The van der Waals surface area contributed by atoms with Crippen LogP contribution >= 0.6 is 67.8 Å². The number of rotatable bonds is 6. The van der Waals surface area contributed by atoms with Crippen molar-refractivity contribution in [3.8, 4) is 0 Å². The third-order valence-electron chi connectivity index (χ3n) is 2.98. The maximum atomic E-state index is 12.5. The highest BCUT2D eigenvalue weighted by atomic mass is 127. The molecule has 4 N–H and O–H groups in total. The summed E-state index contributed by atoms with van der Waals surface area (Å²) in [5.74, 6) is -2.31. The number of carboxylic acids is 1. The second-order valence-corrected chi connectivity index (χ2v) is 7.97. The summed E-state index contributed by atoms with van der Waals surface area (Å²) in [5, 5.41) is 17.1. The maximum Gasteiger partial charge on any atom is 0.337 e.